The van der Waals surface area contributed by atoms with E-state index in [0.717, 1.165) is 12.7 Å². The van der Waals surface area contributed by atoms with Crippen LogP contribution in [0, 0.1) is 10.1 Å². The molecule has 0 fully saturated rings. The monoisotopic (exact) mass is 485 g/mol. The van der Waals surface area contributed by atoms with Crippen molar-refractivity contribution in [2.24, 2.45) is 0 Å². The predicted molar refractivity (Wildman–Crippen MR) is 124 cm³/mol. The fourth-order valence-electron chi connectivity index (χ4n) is 3.54. The number of benzene rings is 2. The molecule has 11 nitrogen and oxygen atoms in total. The normalized spacial score (nSPS) is 13.0. The minimum absolute atomic E-state index is 0.152. The van der Waals surface area contributed by atoms with E-state index in [-0.39, 0.29) is 18.5 Å². The van der Waals surface area contributed by atoms with Gasteiger partial charge in [-0.15, -0.1) is 0 Å². The lowest BCUT2D eigenvalue weighted by molar-refractivity contribution is -0.384. The van der Waals surface area contributed by atoms with Crippen LogP contribution >= 0.6 is 0 Å². The Labute approximate surface area is 201 Å². The number of carbonyl (C=O) groups is 4. The van der Waals surface area contributed by atoms with E-state index >= 15 is 0 Å². The molecule has 2 rings (SSSR count). The van der Waals surface area contributed by atoms with E-state index in [2.05, 4.69) is 10.6 Å². The zero-order valence-electron chi connectivity index (χ0n) is 19.6. The number of ether oxygens (including phenoxy) is 2. The van der Waals surface area contributed by atoms with Gasteiger partial charge in [0.05, 0.1) is 25.6 Å². The molecule has 2 amide bonds. The number of nitro groups is 1. The van der Waals surface area contributed by atoms with Crippen molar-refractivity contribution in [1.82, 2.24) is 10.6 Å². The van der Waals surface area contributed by atoms with Gasteiger partial charge < -0.3 is 20.1 Å². The van der Waals surface area contributed by atoms with E-state index in [9.17, 15) is 29.3 Å². The van der Waals surface area contributed by atoms with Crippen LogP contribution in [0.5, 0.6) is 0 Å². The molecule has 2 aromatic rings. The van der Waals surface area contributed by atoms with Crippen LogP contribution in [0.1, 0.15) is 30.4 Å². The number of nitro benzene ring substituents is 1. The Kier molecular flexibility index (Phi) is 9.88. The Bertz CT molecular complexity index is 1060. The summed E-state index contributed by atoms with van der Waals surface area (Å²) in [5.74, 6) is -3.59. The zero-order valence-corrected chi connectivity index (χ0v) is 19.6. The van der Waals surface area contributed by atoms with E-state index in [1.54, 1.807) is 24.3 Å². The van der Waals surface area contributed by atoms with Crippen LogP contribution in [-0.4, -0.2) is 55.0 Å². The van der Waals surface area contributed by atoms with Gasteiger partial charge in [-0.25, -0.2) is 4.79 Å². The van der Waals surface area contributed by atoms with Crippen molar-refractivity contribution >= 4 is 29.4 Å². The molecule has 0 aromatic heterocycles. The first kappa shape index (κ1) is 27.0. The molecule has 0 aliphatic carbocycles. The number of carbonyl (C=O) groups excluding carboxylic acids is 4. The maximum absolute atomic E-state index is 13.2. The number of nitrogens with one attached hydrogen (secondary N) is 2. The second-order valence-electron chi connectivity index (χ2n) is 7.69. The minimum atomic E-state index is -1.35. The number of methoxy groups -OCH3 is 2. The fraction of sp³-hybridized carbons (Fsp3) is 0.333. The number of amides is 2. The summed E-state index contributed by atoms with van der Waals surface area (Å²) in [5.41, 5.74) is 0.964. The largest absolute Gasteiger partial charge is 0.469 e. The Hall–Kier alpha value is -4.28. The zero-order chi connectivity index (χ0) is 26.0. The van der Waals surface area contributed by atoms with Crippen molar-refractivity contribution < 1.29 is 33.6 Å². The van der Waals surface area contributed by atoms with Crippen molar-refractivity contribution in [1.29, 1.82) is 0 Å². The van der Waals surface area contributed by atoms with Crippen LogP contribution in [0.3, 0.4) is 0 Å². The van der Waals surface area contributed by atoms with Crippen LogP contribution in [0.15, 0.2) is 54.6 Å². The lowest BCUT2D eigenvalue weighted by Gasteiger charge is -2.28. The molecular formula is C24H27N3O8. The number of non-ortho nitro benzene ring substituents is 1. The van der Waals surface area contributed by atoms with E-state index in [4.69, 9.17) is 9.47 Å². The number of esters is 2. The lowest BCUT2D eigenvalue weighted by atomic mass is 9.87. The van der Waals surface area contributed by atoms with Gasteiger partial charge in [-0.3, -0.25) is 24.5 Å². The van der Waals surface area contributed by atoms with Gasteiger partial charge in [0.2, 0.25) is 11.8 Å². The summed E-state index contributed by atoms with van der Waals surface area (Å²) in [6.45, 7) is 1.26. The number of hydrogen-bond donors (Lipinski definition) is 2. The molecule has 0 saturated carbocycles. The maximum atomic E-state index is 13.2. The van der Waals surface area contributed by atoms with Crippen LogP contribution in [-0.2, 0) is 35.1 Å². The van der Waals surface area contributed by atoms with E-state index in [1.807, 2.05) is 6.07 Å². The lowest BCUT2D eigenvalue weighted by Crippen LogP contribution is -2.54. The smallest absolute Gasteiger partial charge is 0.329 e. The van der Waals surface area contributed by atoms with Crippen molar-refractivity contribution in [3.8, 4) is 0 Å². The number of rotatable bonds is 11. The Morgan fingerprint density at radius 3 is 2.09 bits per heavy atom. The van der Waals surface area contributed by atoms with Gasteiger partial charge in [0, 0.05) is 31.4 Å². The molecule has 0 saturated heterocycles. The van der Waals surface area contributed by atoms with Crippen LogP contribution in [0.4, 0.5) is 5.69 Å². The quantitative estimate of drug-likeness (QED) is 0.277. The SMILES string of the molecule is COC(=O)C[C@H](c1ccc([N+](=O)[O-])cc1)[C@H](NC(=O)[C@@H](Cc1ccccc1)NC(C)=O)C(=O)OC. The average molecular weight is 485 g/mol. The molecule has 0 aliphatic rings. The maximum Gasteiger partial charge on any atom is 0.329 e. The molecule has 186 valence electrons. The van der Waals surface area contributed by atoms with E-state index in [1.165, 1.54) is 38.3 Å². The Morgan fingerprint density at radius 2 is 1.57 bits per heavy atom. The first-order chi connectivity index (χ1) is 16.7. The van der Waals surface area contributed by atoms with Gasteiger partial charge in [0.15, 0.2) is 0 Å². The van der Waals surface area contributed by atoms with Gasteiger partial charge in [0.1, 0.15) is 12.1 Å². The fourth-order valence-corrected chi connectivity index (χ4v) is 3.54. The van der Waals surface area contributed by atoms with Crippen molar-refractivity contribution in [2.45, 2.75) is 37.8 Å². The van der Waals surface area contributed by atoms with Gasteiger partial charge in [-0.1, -0.05) is 42.5 Å². The molecule has 0 unspecified atom stereocenters. The third-order valence-electron chi connectivity index (χ3n) is 5.28. The standard InChI is InChI=1S/C24H27N3O8/c1-15(28)25-20(13-16-7-5-4-6-8-16)23(30)26-22(24(31)35-3)19(14-21(29)34-2)17-9-11-18(12-10-17)27(32)33/h4-12,19-20,22H,13-14H2,1-3H3,(H,25,28)(H,26,30)/t19-,20-,22+/m1/s1. The third-order valence-corrected chi connectivity index (χ3v) is 5.28. The summed E-state index contributed by atoms with van der Waals surface area (Å²) in [7, 11) is 2.30. The van der Waals surface area contributed by atoms with Crippen LogP contribution in [0.2, 0.25) is 0 Å². The van der Waals surface area contributed by atoms with Crippen molar-refractivity contribution in [2.75, 3.05) is 14.2 Å². The highest BCUT2D eigenvalue weighted by atomic mass is 16.6. The topological polar surface area (TPSA) is 154 Å². The molecule has 3 atom stereocenters. The summed E-state index contributed by atoms with van der Waals surface area (Å²) >= 11 is 0. The van der Waals surface area contributed by atoms with Crippen LogP contribution in [0.25, 0.3) is 0 Å². The second kappa shape index (κ2) is 12.8. The molecule has 0 aliphatic heterocycles. The molecule has 0 bridgehead atoms. The average Bonchev–Trinajstić information content (AvgIpc) is 2.85. The molecule has 0 heterocycles. The van der Waals surface area contributed by atoms with Crippen molar-refractivity contribution in [3.05, 3.63) is 75.8 Å². The molecule has 11 heteroatoms. The molecule has 35 heavy (non-hydrogen) atoms. The molecular weight excluding hydrogens is 458 g/mol. The first-order valence-corrected chi connectivity index (χ1v) is 10.7. The van der Waals surface area contributed by atoms with Gasteiger partial charge in [-0.2, -0.15) is 0 Å². The molecule has 0 spiro atoms. The summed E-state index contributed by atoms with van der Waals surface area (Å²) in [4.78, 5) is 60.3. The number of hydrogen-bond acceptors (Lipinski definition) is 8. The highest BCUT2D eigenvalue weighted by Gasteiger charge is 2.36. The third kappa shape index (κ3) is 7.91. The van der Waals surface area contributed by atoms with Gasteiger partial charge in [0.25, 0.3) is 5.69 Å². The second-order valence-corrected chi connectivity index (χ2v) is 7.69. The molecule has 2 aromatic carbocycles. The van der Waals surface area contributed by atoms with Gasteiger partial charge >= 0.3 is 11.9 Å². The molecule has 2 N–H and O–H groups in total. The van der Waals surface area contributed by atoms with Crippen LogP contribution < -0.4 is 10.6 Å². The Balaban J connectivity index is 2.40. The van der Waals surface area contributed by atoms with E-state index < -0.39 is 46.7 Å². The minimum Gasteiger partial charge on any atom is -0.469 e. The summed E-state index contributed by atoms with van der Waals surface area (Å²) in [6.07, 6.45) is -0.169. The number of nitrogens with zero attached hydrogens (tertiary/aromatic N) is 1. The molecule has 0 radical (unpaired) electrons. The predicted octanol–water partition coefficient (Wildman–Crippen LogP) is 1.65. The Morgan fingerprint density at radius 1 is 0.943 bits per heavy atom. The van der Waals surface area contributed by atoms with E-state index in [0.29, 0.717) is 5.56 Å². The first-order valence-electron chi connectivity index (χ1n) is 10.7. The highest BCUT2D eigenvalue weighted by Crippen LogP contribution is 2.27. The van der Waals surface area contributed by atoms with Gasteiger partial charge in [-0.05, 0) is 11.1 Å². The highest BCUT2D eigenvalue weighted by molar-refractivity contribution is 5.91. The van der Waals surface area contributed by atoms with Crippen molar-refractivity contribution in [3.63, 3.8) is 0 Å². The summed E-state index contributed by atoms with van der Waals surface area (Å²) in [6, 6.07) is 11.8. The summed E-state index contributed by atoms with van der Waals surface area (Å²) < 4.78 is 9.61. The summed E-state index contributed by atoms with van der Waals surface area (Å²) in [5, 5.41) is 16.2.